The van der Waals surface area contributed by atoms with Gasteiger partial charge in [0.25, 0.3) is 5.91 Å². The van der Waals surface area contributed by atoms with Crippen LogP contribution in [0.2, 0.25) is 5.02 Å². The Morgan fingerprint density at radius 3 is 3.00 bits per heavy atom. The number of carbonyl (C=O) groups excluding carboxylic acids is 1. The molecule has 0 spiro atoms. The number of oxime groups is 1. The molecule has 1 unspecified atom stereocenters. The first-order valence-corrected chi connectivity index (χ1v) is 6.63. The van der Waals surface area contributed by atoms with E-state index in [-0.39, 0.29) is 28.2 Å². The fraction of sp³-hybridized carbons (Fsp3) is 0.385. The zero-order valence-electron chi connectivity index (χ0n) is 10.7. The van der Waals surface area contributed by atoms with Gasteiger partial charge in [-0.1, -0.05) is 22.8 Å². The molecule has 0 aromatic heterocycles. The number of amidine groups is 1. The van der Waals surface area contributed by atoms with Gasteiger partial charge in [0.15, 0.2) is 0 Å². The number of halogens is 2. The lowest BCUT2D eigenvalue weighted by atomic mass is 9.96. The van der Waals surface area contributed by atoms with Crippen LogP contribution in [0.1, 0.15) is 23.2 Å². The van der Waals surface area contributed by atoms with E-state index in [0.717, 1.165) is 12.8 Å². The molecule has 0 saturated carbocycles. The molecular formula is C13H15ClFN3O2. The summed E-state index contributed by atoms with van der Waals surface area (Å²) < 4.78 is 13.4. The minimum atomic E-state index is -0.623. The maximum Gasteiger partial charge on any atom is 0.255 e. The van der Waals surface area contributed by atoms with Crippen molar-refractivity contribution in [3.8, 4) is 0 Å². The molecule has 1 atom stereocenters. The second-order valence-electron chi connectivity index (χ2n) is 4.72. The third-order valence-electron chi connectivity index (χ3n) is 3.42. The summed E-state index contributed by atoms with van der Waals surface area (Å²) in [5, 5.41) is 11.5. The zero-order valence-corrected chi connectivity index (χ0v) is 11.5. The molecule has 1 aliphatic heterocycles. The minimum Gasteiger partial charge on any atom is -0.409 e. The van der Waals surface area contributed by atoms with E-state index in [9.17, 15) is 9.18 Å². The largest absolute Gasteiger partial charge is 0.409 e. The Balaban J connectivity index is 2.19. The summed E-state index contributed by atoms with van der Waals surface area (Å²) in [7, 11) is 0. The van der Waals surface area contributed by atoms with Crippen LogP contribution in [0, 0.1) is 11.7 Å². The molecule has 1 aliphatic rings. The van der Waals surface area contributed by atoms with Gasteiger partial charge in [-0.3, -0.25) is 4.79 Å². The van der Waals surface area contributed by atoms with E-state index in [1.54, 1.807) is 4.90 Å². The highest BCUT2D eigenvalue weighted by molar-refractivity contribution is 6.34. The van der Waals surface area contributed by atoms with Crippen LogP contribution in [0.3, 0.4) is 0 Å². The number of likely N-dealkylation sites (tertiary alicyclic amines) is 1. The Morgan fingerprint density at radius 1 is 1.55 bits per heavy atom. The van der Waals surface area contributed by atoms with Crippen molar-refractivity contribution in [2.24, 2.45) is 16.8 Å². The summed E-state index contributed by atoms with van der Waals surface area (Å²) in [5.74, 6) is -1.05. The monoisotopic (exact) mass is 299 g/mol. The molecule has 20 heavy (non-hydrogen) atoms. The molecule has 1 amide bonds. The molecule has 0 radical (unpaired) electrons. The van der Waals surface area contributed by atoms with Crippen molar-refractivity contribution in [3.63, 3.8) is 0 Å². The minimum absolute atomic E-state index is 0.104. The molecule has 0 aliphatic carbocycles. The van der Waals surface area contributed by atoms with Gasteiger partial charge in [0.05, 0.1) is 10.6 Å². The maximum absolute atomic E-state index is 13.4. The first-order chi connectivity index (χ1) is 9.54. The first-order valence-electron chi connectivity index (χ1n) is 6.25. The number of piperidine rings is 1. The van der Waals surface area contributed by atoms with E-state index in [1.807, 2.05) is 0 Å². The van der Waals surface area contributed by atoms with Crippen LogP contribution in [0.5, 0.6) is 0 Å². The molecule has 7 heteroatoms. The number of carbonyl (C=O) groups is 1. The third-order valence-corrected chi connectivity index (χ3v) is 3.81. The highest BCUT2D eigenvalue weighted by Crippen LogP contribution is 2.24. The standard InChI is InChI=1S/C13H15ClFN3O2/c14-11-9(4-1-5-10(11)15)13(19)18-6-2-3-8(7-18)12(16)17-20/h1,4-5,8,20H,2-3,6-7H2,(H2,16,17). The highest BCUT2D eigenvalue weighted by Gasteiger charge is 2.28. The normalized spacial score (nSPS) is 20.0. The molecule has 1 aromatic carbocycles. The molecular weight excluding hydrogens is 285 g/mol. The summed E-state index contributed by atoms with van der Waals surface area (Å²) in [6.45, 7) is 0.877. The van der Waals surface area contributed by atoms with E-state index in [2.05, 4.69) is 5.16 Å². The van der Waals surface area contributed by atoms with Gasteiger partial charge in [-0.2, -0.15) is 0 Å². The molecule has 1 saturated heterocycles. The van der Waals surface area contributed by atoms with Gasteiger partial charge >= 0.3 is 0 Å². The Bertz CT molecular complexity index is 550. The summed E-state index contributed by atoms with van der Waals surface area (Å²) >= 11 is 5.82. The smallest absolute Gasteiger partial charge is 0.255 e. The van der Waals surface area contributed by atoms with Gasteiger partial charge in [-0.25, -0.2) is 4.39 Å². The summed E-state index contributed by atoms with van der Waals surface area (Å²) in [4.78, 5) is 13.9. The molecule has 1 aromatic rings. The van der Waals surface area contributed by atoms with E-state index in [0.29, 0.717) is 13.1 Å². The van der Waals surface area contributed by atoms with Crippen LogP contribution in [-0.2, 0) is 0 Å². The Hall–Kier alpha value is -1.82. The molecule has 1 fully saturated rings. The van der Waals surface area contributed by atoms with Crippen molar-refractivity contribution in [2.45, 2.75) is 12.8 Å². The number of nitrogens with two attached hydrogens (primary N) is 1. The quantitative estimate of drug-likeness (QED) is 0.380. The van der Waals surface area contributed by atoms with Crippen molar-refractivity contribution < 1.29 is 14.4 Å². The van der Waals surface area contributed by atoms with Crippen molar-refractivity contribution in [1.82, 2.24) is 4.90 Å². The van der Waals surface area contributed by atoms with Gasteiger partial charge in [-0.15, -0.1) is 0 Å². The van der Waals surface area contributed by atoms with Crippen molar-refractivity contribution in [1.29, 1.82) is 0 Å². The zero-order chi connectivity index (χ0) is 14.7. The number of rotatable bonds is 2. The number of benzene rings is 1. The SMILES string of the molecule is N/C(=N/O)C1CCCN(C(=O)c2cccc(F)c2Cl)C1. The third kappa shape index (κ3) is 2.85. The van der Waals surface area contributed by atoms with E-state index >= 15 is 0 Å². The number of hydrogen-bond acceptors (Lipinski definition) is 3. The summed E-state index contributed by atoms with van der Waals surface area (Å²) in [5.41, 5.74) is 5.71. The van der Waals surface area contributed by atoms with Crippen molar-refractivity contribution >= 4 is 23.3 Å². The lowest BCUT2D eigenvalue weighted by Crippen LogP contribution is -2.44. The van der Waals surface area contributed by atoms with Gasteiger partial charge in [-0.05, 0) is 25.0 Å². The van der Waals surface area contributed by atoms with E-state index in [4.69, 9.17) is 22.5 Å². The van der Waals surface area contributed by atoms with Gasteiger partial charge in [0, 0.05) is 19.0 Å². The molecule has 1 heterocycles. The Labute approximate surface area is 120 Å². The second kappa shape index (κ2) is 6.09. The van der Waals surface area contributed by atoms with Crippen LogP contribution in [0.15, 0.2) is 23.4 Å². The van der Waals surface area contributed by atoms with Gasteiger partial charge in [0.1, 0.15) is 11.7 Å². The average molecular weight is 300 g/mol. The fourth-order valence-electron chi connectivity index (χ4n) is 2.32. The topological polar surface area (TPSA) is 78.9 Å². The van der Waals surface area contributed by atoms with Crippen LogP contribution < -0.4 is 5.73 Å². The molecule has 3 N–H and O–H groups in total. The number of hydrogen-bond donors (Lipinski definition) is 2. The van der Waals surface area contributed by atoms with Crippen LogP contribution in [0.4, 0.5) is 4.39 Å². The summed E-state index contributed by atoms with van der Waals surface area (Å²) in [6, 6.07) is 4.13. The average Bonchev–Trinajstić information content (AvgIpc) is 2.48. The molecule has 108 valence electrons. The number of amides is 1. The fourth-order valence-corrected chi connectivity index (χ4v) is 2.53. The van der Waals surface area contributed by atoms with E-state index < -0.39 is 5.82 Å². The van der Waals surface area contributed by atoms with Crippen LogP contribution in [-0.4, -0.2) is 34.9 Å². The Morgan fingerprint density at radius 2 is 2.30 bits per heavy atom. The van der Waals surface area contributed by atoms with Gasteiger partial charge in [0.2, 0.25) is 0 Å². The first kappa shape index (κ1) is 14.6. The molecule has 5 nitrogen and oxygen atoms in total. The highest BCUT2D eigenvalue weighted by atomic mass is 35.5. The maximum atomic E-state index is 13.4. The van der Waals surface area contributed by atoms with Crippen LogP contribution >= 0.6 is 11.6 Å². The van der Waals surface area contributed by atoms with Gasteiger partial charge < -0.3 is 15.8 Å². The van der Waals surface area contributed by atoms with Crippen molar-refractivity contribution in [2.75, 3.05) is 13.1 Å². The Kier molecular flexibility index (Phi) is 4.44. The number of nitrogens with zero attached hydrogens (tertiary/aromatic N) is 2. The summed E-state index contributed by atoms with van der Waals surface area (Å²) in [6.07, 6.45) is 1.48. The molecule has 0 bridgehead atoms. The molecule has 2 rings (SSSR count). The van der Waals surface area contributed by atoms with Crippen LogP contribution in [0.25, 0.3) is 0 Å². The second-order valence-corrected chi connectivity index (χ2v) is 5.09. The predicted octanol–water partition coefficient (Wildman–Crippen LogP) is 2.08. The van der Waals surface area contributed by atoms with E-state index in [1.165, 1.54) is 18.2 Å². The predicted molar refractivity (Wildman–Crippen MR) is 73.4 cm³/mol. The van der Waals surface area contributed by atoms with Crippen molar-refractivity contribution in [3.05, 3.63) is 34.6 Å². The lowest BCUT2D eigenvalue weighted by Gasteiger charge is -2.32. The lowest BCUT2D eigenvalue weighted by molar-refractivity contribution is 0.0701.